The van der Waals surface area contributed by atoms with Gasteiger partial charge in [-0.15, -0.1) is 0 Å². The summed E-state index contributed by atoms with van der Waals surface area (Å²) < 4.78 is 25.0. The first-order valence-electron chi connectivity index (χ1n) is 14.3. The number of nitrogens with one attached hydrogen (secondary N) is 1. The van der Waals surface area contributed by atoms with Crippen LogP contribution in [0.5, 0.6) is 11.5 Å². The number of hydrogen-bond donors (Lipinski definition) is 1. The minimum Gasteiger partial charge on any atom is -0.486 e. The SMILES string of the molecule is O=C(NC1CCCCC1)C(Cc1ccccc1)N(Cc1ccc(F)cc1)C(=O)CCc1ccc2c(c1)OCCO2. The zero-order valence-electron chi connectivity index (χ0n) is 22.8. The van der Waals surface area contributed by atoms with E-state index in [2.05, 4.69) is 5.32 Å². The highest BCUT2D eigenvalue weighted by molar-refractivity contribution is 5.88. The van der Waals surface area contributed by atoms with Crippen LogP contribution in [0.25, 0.3) is 0 Å². The van der Waals surface area contributed by atoms with Gasteiger partial charge in [0.1, 0.15) is 25.1 Å². The molecule has 2 aliphatic rings. The van der Waals surface area contributed by atoms with Gasteiger partial charge in [-0.2, -0.15) is 0 Å². The Balaban J connectivity index is 1.39. The maximum Gasteiger partial charge on any atom is 0.243 e. The fourth-order valence-corrected chi connectivity index (χ4v) is 5.52. The van der Waals surface area contributed by atoms with Gasteiger partial charge in [-0.25, -0.2) is 4.39 Å². The second kappa shape index (κ2) is 13.5. The highest BCUT2D eigenvalue weighted by atomic mass is 19.1. The molecule has 1 aliphatic heterocycles. The van der Waals surface area contributed by atoms with E-state index in [1.54, 1.807) is 17.0 Å². The van der Waals surface area contributed by atoms with Crippen molar-refractivity contribution in [1.82, 2.24) is 10.2 Å². The summed E-state index contributed by atoms with van der Waals surface area (Å²) in [5.41, 5.74) is 2.72. The second-order valence-electron chi connectivity index (χ2n) is 10.7. The molecule has 40 heavy (non-hydrogen) atoms. The summed E-state index contributed by atoms with van der Waals surface area (Å²) in [6, 6.07) is 21.1. The predicted molar refractivity (Wildman–Crippen MR) is 152 cm³/mol. The maximum absolute atomic E-state index is 13.9. The Labute approximate surface area is 235 Å². The largest absolute Gasteiger partial charge is 0.486 e. The van der Waals surface area contributed by atoms with Gasteiger partial charge in [0.25, 0.3) is 0 Å². The Kier molecular flexibility index (Phi) is 9.32. The lowest BCUT2D eigenvalue weighted by atomic mass is 9.94. The lowest BCUT2D eigenvalue weighted by Gasteiger charge is -2.33. The van der Waals surface area contributed by atoms with Crippen molar-refractivity contribution in [3.8, 4) is 11.5 Å². The van der Waals surface area contributed by atoms with Crippen molar-refractivity contribution in [1.29, 1.82) is 0 Å². The molecule has 1 atom stereocenters. The molecule has 5 rings (SSSR count). The summed E-state index contributed by atoms with van der Waals surface area (Å²) in [7, 11) is 0. The van der Waals surface area contributed by atoms with Crippen LogP contribution in [0.15, 0.2) is 72.8 Å². The lowest BCUT2D eigenvalue weighted by molar-refractivity contribution is -0.141. The molecule has 1 aliphatic carbocycles. The minimum atomic E-state index is -0.692. The molecule has 3 aromatic carbocycles. The quantitative estimate of drug-likeness (QED) is 0.360. The number of rotatable bonds is 10. The molecule has 1 fully saturated rings. The molecular weight excluding hydrogens is 507 g/mol. The predicted octanol–water partition coefficient (Wildman–Crippen LogP) is 5.62. The van der Waals surface area contributed by atoms with Crippen molar-refractivity contribution in [2.45, 2.75) is 70.0 Å². The smallest absolute Gasteiger partial charge is 0.243 e. The molecule has 0 saturated heterocycles. The Morgan fingerprint density at radius 1 is 0.850 bits per heavy atom. The molecule has 1 unspecified atom stereocenters. The molecule has 2 amide bonds. The molecule has 0 spiro atoms. The molecule has 1 heterocycles. The van der Waals surface area contributed by atoms with Crippen LogP contribution < -0.4 is 14.8 Å². The fourth-order valence-electron chi connectivity index (χ4n) is 5.52. The van der Waals surface area contributed by atoms with Gasteiger partial charge in [0.15, 0.2) is 11.5 Å². The van der Waals surface area contributed by atoms with Gasteiger partial charge < -0.3 is 19.7 Å². The number of aryl methyl sites for hydroxylation is 1. The molecular formula is C33H37FN2O4. The van der Waals surface area contributed by atoms with Crippen LogP contribution in [0.3, 0.4) is 0 Å². The third-order valence-electron chi connectivity index (χ3n) is 7.72. The molecule has 6 nitrogen and oxygen atoms in total. The number of benzene rings is 3. The van der Waals surface area contributed by atoms with E-state index in [1.807, 2.05) is 48.5 Å². The average Bonchev–Trinajstić information content (AvgIpc) is 2.99. The molecule has 0 radical (unpaired) electrons. The Morgan fingerprint density at radius 2 is 1.55 bits per heavy atom. The summed E-state index contributed by atoms with van der Waals surface area (Å²) >= 11 is 0. The van der Waals surface area contributed by atoms with E-state index < -0.39 is 6.04 Å². The zero-order chi connectivity index (χ0) is 27.7. The first-order valence-corrected chi connectivity index (χ1v) is 14.3. The van der Waals surface area contributed by atoms with Gasteiger partial charge in [-0.05, 0) is 60.2 Å². The van der Waals surface area contributed by atoms with Gasteiger partial charge in [-0.3, -0.25) is 9.59 Å². The van der Waals surface area contributed by atoms with Gasteiger partial charge in [-0.1, -0.05) is 67.8 Å². The lowest BCUT2D eigenvalue weighted by Crippen LogP contribution is -2.52. The number of carbonyl (C=O) groups is 2. The number of halogens is 1. The van der Waals surface area contributed by atoms with E-state index in [0.29, 0.717) is 37.6 Å². The standard InChI is InChI=1S/C33H37FN2O4/c34-27-15-11-26(12-16-27)23-36(32(37)18-14-25-13-17-30-31(22-25)40-20-19-39-30)29(21-24-7-3-1-4-8-24)33(38)35-28-9-5-2-6-10-28/h1,3-4,7-8,11-13,15-17,22,28-29H,2,5-6,9-10,14,18-21,23H2,(H,35,38). The first kappa shape index (κ1) is 27.7. The molecule has 0 bridgehead atoms. The summed E-state index contributed by atoms with van der Waals surface area (Å²) in [6.07, 6.45) is 6.43. The van der Waals surface area contributed by atoms with Gasteiger partial charge in [0.2, 0.25) is 11.8 Å². The second-order valence-corrected chi connectivity index (χ2v) is 10.7. The summed E-state index contributed by atoms with van der Waals surface area (Å²) in [4.78, 5) is 29.4. The van der Waals surface area contributed by atoms with E-state index in [4.69, 9.17) is 9.47 Å². The van der Waals surface area contributed by atoms with Crippen LogP contribution in [0, 0.1) is 5.82 Å². The number of amides is 2. The van der Waals surface area contributed by atoms with E-state index in [0.717, 1.165) is 42.4 Å². The van der Waals surface area contributed by atoms with E-state index >= 15 is 0 Å². The summed E-state index contributed by atoms with van der Waals surface area (Å²) in [5.74, 6) is 0.801. The fraction of sp³-hybridized carbons (Fsp3) is 0.394. The molecule has 3 aromatic rings. The number of hydrogen-bond acceptors (Lipinski definition) is 4. The highest BCUT2D eigenvalue weighted by Crippen LogP contribution is 2.31. The minimum absolute atomic E-state index is 0.125. The van der Waals surface area contributed by atoms with Crippen LogP contribution >= 0.6 is 0 Å². The van der Waals surface area contributed by atoms with Crippen LogP contribution in [-0.4, -0.2) is 42.0 Å². The van der Waals surface area contributed by atoms with E-state index in [1.165, 1.54) is 18.6 Å². The Hall–Kier alpha value is -3.87. The van der Waals surface area contributed by atoms with Crippen LogP contribution in [-0.2, 0) is 29.0 Å². The van der Waals surface area contributed by atoms with E-state index in [-0.39, 0.29) is 36.6 Å². The molecule has 1 saturated carbocycles. The monoisotopic (exact) mass is 544 g/mol. The Morgan fingerprint density at radius 3 is 2.30 bits per heavy atom. The molecule has 7 heteroatoms. The first-order chi connectivity index (χ1) is 19.5. The van der Waals surface area contributed by atoms with Crippen molar-refractivity contribution in [2.75, 3.05) is 13.2 Å². The van der Waals surface area contributed by atoms with E-state index in [9.17, 15) is 14.0 Å². The van der Waals surface area contributed by atoms with Gasteiger partial charge in [0, 0.05) is 25.4 Å². The summed E-state index contributed by atoms with van der Waals surface area (Å²) in [6.45, 7) is 1.24. The third-order valence-corrected chi connectivity index (χ3v) is 7.72. The van der Waals surface area contributed by atoms with Crippen LogP contribution in [0.2, 0.25) is 0 Å². The van der Waals surface area contributed by atoms with Crippen molar-refractivity contribution in [3.05, 3.63) is 95.3 Å². The van der Waals surface area contributed by atoms with Crippen LogP contribution in [0.1, 0.15) is 55.2 Å². The topological polar surface area (TPSA) is 67.9 Å². The van der Waals surface area contributed by atoms with Crippen LogP contribution in [0.4, 0.5) is 4.39 Å². The average molecular weight is 545 g/mol. The van der Waals surface area contributed by atoms with Gasteiger partial charge >= 0.3 is 0 Å². The molecule has 1 N–H and O–H groups in total. The van der Waals surface area contributed by atoms with Crippen molar-refractivity contribution < 1.29 is 23.5 Å². The maximum atomic E-state index is 13.9. The normalized spacial score (nSPS) is 15.7. The number of carbonyl (C=O) groups excluding carboxylic acids is 2. The van der Waals surface area contributed by atoms with Crippen molar-refractivity contribution >= 4 is 11.8 Å². The zero-order valence-corrected chi connectivity index (χ0v) is 22.8. The summed E-state index contributed by atoms with van der Waals surface area (Å²) in [5, 5.41) is 3.25. The highest BCUT2D eigenvalue weighted by Gasteiger charge is 2.32. The van der Waals surface area contributed by atoms with Gasteiger partial charge in [0.05, 0.1) is 0 Å². The third kappa shape index (κ3) is 7.40. The molecule has 0 aromatic heterocycles. The van der Waals surface area contributed by atoms with Crippen molar-refractivity contribution in [2.24, 2.45) is 0 Å². The van der Waals surface area contributed by atoms with Crippen molar-refractivity contribution in [3.63, 3.8) is 0 Å². The number of fused-ring (bicyclic) bond motifs is 1. The molecule has 210 valence electrons. The Bertz CT molecular complexity index is 1280. The number of nitrogens with zero attached hydrogens (tertiary/aromatic N) is 1. The number of ether oxygens (including phenoxy) is 2.